The maximum absolute atomic E-state index is 12.1. The number of carbonyl (C=O) groups excluding carboxylic acids is 2. The van der Waals surface area contributed by atoms with Crippen LogP contribution in [0.25, 0.3) is 0 Å². The summed E-state index contributed by atoms with van der Waals surface area (Å²) in [7, 11) is 1.64. The lowest BCUT2D eigenvalue weighted by atomic mass is 10.1. The summed E-state index contributed by atoms with van der Waals surface area (Å²) in [5.41, 5.74) is 3.69. The molecule has 0 saturated carbocycles. The lowest BCUT2D eigenvalue weighted by Crippen LogP contribution is -2.31. The third-order valence-corrected chi connectivity index (χ3v) is 4.36. The van der Waals surface area contributed by atoms with E-state index in [9.17, 15) is 9.59 Å². The number of amides is 2. The van der Waals surface area contributed by atoms with Gasteiger partial charge >= 0.3 is 0 Å². The zero-order valence-corrected chi connectivity index (χ0v) is 17.0. The van der Waals surface area contributed by atoms with Gasteiger partial charge in [-0.25, -0.2) is 0 Å². The molecule has 0 heterocycles. The van der Waals surface area contributed by atoms with Crippen LogP contribution < -0.4 is 20.7 Å². The van der Waals surface area contributed by atoms with Gasteiger partial charge in [0.25, 0.3) is 0 Å². The second kappa shape index (κ2) is 10.3. The highest BCUT2D eigenvalue weighted by Crippen LogP contribution is 2.20. The van der Waals surface area contributed by atoms with Gasteiger partial charge in [-0.1, -0.05) is 32.0 Å². The van der Waals surface area contributed by atoms with E-state index in [1.165, 1.54) is 0 Å². The van der Waals surface area contributed by atoms with E-state index in [-0.39, 0.29) is 24.3 Å². The van der Waals surface area contributed by atoms with E-state index in [4.69, 9.17) is 4.74 Å². The van der Waals surface area contributed by atoms with Crippen molar-refractivity contribution < 1.29 is 14.3 Å². The summed E-state index contributed by atoms with van der Waals surface area (Å²) in [5.74, 6) is 0.615. The first kappa shape index (κ1) is 21.3. The normalized spacial score (nSPS) is 10.5. The van der Waals surface area contributed by atoms with Gasteiger partial charge in [0.2, 0.25) is 11.8 Å². The Morgan fingerprint density at radius 3 is 2.43 bits per heavy atom. The first-order chi connectivity index (χ1) is 13.4. The summed E-state index contributed by atoms with van der Waals surface area (Å²) in [6, 6.07) is 13.4. The van der Waals surface area contributed by atoms with Gasteiger partial charge < -0.3 is 20.7 Å². The fourth-order valence-electron chi connectivity index (χ4n) is 2.55. The van der Waals surface area contributed by atoms with Crippen LogP contribution in [0, 0.1) is 12.8 Å². The number of anilines is 2. The topological polar surface area (TPSA) is 79.5 Å². The van der Waals surface area contributed by atoms with Crippen LogP contribution in [0.3, 0.4) is 0 Å². The molecule has 0 saturated heterocycles. The maximum atomic E-state index is 12.1. The summed E-state index contributed by atoms with van der Waals surface area (Å²) in [4.78, 5) is 23.9. The van der Waals surface area contributed by atoms with Crippen LogP contribution in [0.15, 0.2) is 42.5 Å². The molecule has 0 aliphatic heterocycles. The minimum Gasteiger partial charge on any atom is -0.497 e. The molecular weight excluding hydrogens is 354 g/mol. The Hall–Kier alpha value is -3.02. The highest BCUT2D eigenvalue weighted by atomic mass is 16.5. The van der Waals surface area contributed by atoms with Gasteiger partial charge in [-0.05, 0) is 48.7 Å². The molecular formula is C22H29N3O3. The average molecular weight is 383 g/mol. The summed E-state index contributed by atoms with van der Waals surface area (Å²) in [5, 5.41) is 8.92. The lowest BCUT2D eigenvalue weighted by molar-refractivity contribution is -0.120. The molecule has 0 aromatic heterocycles. The van der Waals surface area contributed by atoms with Crippen LogP contribution in [-0.4, -0.2) is 32.0 Å². The quantitative estimate of drug-likeness (QED) is 0.620. The van der Waals surface area contributed by atoms with Gasteiger partial charge in [-0.15, -0.1) is 0 Å². The highest BCUT2D eigenvalue weighted by molar-refractivity contribution is 5.92. The molecule has 3 N–H and O–H groups in total. The maximum Gasteiger partial charge on any atom is 0.239 e. The second-order valence-corrected chi connectivity index (χ2v) is 6.98. The predicted molar refractivity (Wildman–Crippen MR) is 113 cm³/mol. The van der Waals surface area contributed by atoms with Crippen molar-refractivity contribution in [2.45, 2.75) is 27.2 Å². The smallest absolute Gasteiger partial charge is 0.239 e. The Bertz CT molecular complexity index is 801. The van der Waals surface area contributed by atoms with E-state index in [2.05, 4.69) is 16.0 Å². The number of rotatable bonds is 9. The van der Waals surface area contributed by atoms with Gasteiger partial charge in [0.05, 0.1) is 13.7 Å². The largest absolute Gasteiger partial charge is 0.497 e. The molecule has 0 bridgehead atoms. The van der Waals surface area contributed by atoms with Crippen LogP contribution in [-0.2, 0) is 16.0 Å². The monoisotopic (exact) mass is 383 g/mol. The minimum absolute atomic E-state index is 0.0360. The number of benzene rings is 2. The molecule has 2 aromatic rings. The van der Waals surface area contributed by atoms with Crippen LogP contribution in [0.2, 0.25) is 0 Å². The van der Waals surface area contributed by atoms with Crippen LogP contribution in [0.4, 0.5) is 11.4 Å². The third-order valence-electron chi connectivity index (χ3n) is 4.36. The Morgan fingerprint density at radius 2 is 1.79 bits per heavy atom. The van der Waals surface area contributed by atoms with E-state index < -0.39 is 0 Å². The summed E-state index contributed by atoms with van der Waals surface area (Å²) in [6.45, 7) is 6.39. The number of methoxy groups -OCH3 is 1. The standard InChI is InChI=1S/C22H29N3O3/c1-15(2)22(27)25-18-8-5-16(3)20(13-18)24-14-21(26)23-12-11-17-6-9-19(28-4)10-7-17/h5-10,13,15,24H,11-12,14H2,1-4H3,(H,23,26)(H,25,27). The Kier molecular flexibility index (Phi) is 7.87. The van der Waals surface area contributed by atoms with E-state index >= 15 is 0 Å². The van der Waals surface area contributed by atoms with Crippen molar-refractivity contribution >= 4 is 23.2 Å². The molecule has 0 radical (unpaired) electrons. The van der Waals surface area contributed by atoms with Gasteiger partial charge in [-0.2, -0.15) is 0 Å². The van der Waals surface area contributed by atoms with Crippen LogP contribution in [0.1, 0.15) is 25.0 Å². The fraction of sp³-hybridized carbons (Fsp3) is 0.364. The summed E-state index contributed by atoms with van der Waals surface area (Å²) >= 11 is 0. The Labute approximate surface area is 166 Å². The first-order valence-electron chi connectivity index (χ1n) is 9.44. The van der Waals surface area contributed by atoms with Gasteiger partial charge in [0.1, 0.15) is 5.75 Å². The fourth-order valence-corrected chi connectivity index (χ4v) is 2.55. The van der Waals surface area contributed by atoms with Gasteiger partial charge in [-0.3, -0.25) is 9.59 Å². The molecule has 2 aromatic carbocycles. The van der Waals surface area contributed by atoms with Crippen molar-refractivity contribution in [3.8, 4) is 5.75 Å². The summed E-state index contributed by atoms with van der Waals surface area (Å²) < 4.78 is 5.14. The molecule has 6 heteroatoms. The number of nitrogens with one attached hydrogen (secondary N) is 3. The molecule has 150 valence electrons. The second-order valence-electron chi connectivity index (χ2n) is 6.98. The molecule has 28 heavy (non-hydrogen) atoms. The van der Waals surface area contributed by atoms with E-state index in [0.717, 1.165) is 29.0 Å². The van der Waals surface area contributed by atoms with Crippen molar-refractivity contribution in [2.75, 3.05) is 30.8 Å². The zero-order valence-electron chi connectivity index (χ0n) is 17.0. The molecule has 0 atom stereocenters. The van der Waals surface area contributed by atoms with Crippen LogP contribution in [0.5, 0.6) is 5.75 Å². The first-order valence-corrected chi connectivity index (χ1v) is 9.44. The van der Waals surface area contributed by atoms with Crippen molar-refractivity contribution in [1.29, 1.82) is 0 Å². The highest BCUT2D eigenvalue weighted by Gasteiger charge is 2.09. The van der Waals surface area contributed by atoms with Crippen molar-refractivity contribution in [1.82, 2.24) is 5.32 Å². The lowest BCUT2D eigenvalue weighted by Gasteiger charge is -2.13. The predicted octanol–water partition coefficient (Wildman–Crippen LogP) is 3.37. The number of ether oxygens (including phenoxy) is 1. The van der Waals surface area contributed by atoms with Crippen molar-refractivity contribution in [3.63, 3.8) is 0 Å². The number of aryl methyl sites for hydroxylation is 1. The Morgan fingerprint density at radius 1 is 1.07 bits per heavy atom. The molecule has 0 aliphatic rings. The van der Waals surface area contributed by atoms with E-state index in [1.54, 1.807) is 7.11 Å². The SMILES string of the molecule is COc1ccc(CCNC(=O)CNc2cc(NC(=O)C(C)C)ccc2C)cc1. The third kappa shape index (κ3) is 6.61. The van der Waals surface area contributed by atoms with E-state index in [1.807, 2.05) is 63.2 Å². The molecule has 2 rings (SSSR count). The molecule has 6 nitrogen and oxygen atoms in total. The number of hydrogen-bond donors (Lipinski definition) is 3. The van der Waals surface area contributed by atoms with Crippen LogP contribution >= 0.6 is 0 Å². The van der Waals surface area contributed by atoms with E-state index in [0.29, 0.717) is 12.2 Å². The molecule has 0 spiro atoms. The molecule has 0 fully saturated rings. The molecule has 0 aliphatic carbocycles. The van der Waals surface area contributed by atoms with Gasteiger partial charge in [0.15, 0.2) is 0 Å². The summed E-state index contributed by atoms with van der Waals surface area (Å²) in [6.07, 6.45) is 0.755. The average Bonchev–Trinajstić information content (AvgIpc) is 2.68. The number of carbonyl (C=O) groups is 2. The minimum atomic E-state index is -0.0887. The number of hydrogen-bond acceptors (Lipinski definition) is 4. The van der Waals surface area contributed by atoms with Crippen molar-refractivity contribution in [3.05, 3.63) is 53.6 Å². The molecule has 0 unspecified atom stereocenters. The Balaban J connectivity index is 1.80. The van der Waals surface area contributed by atoms with Crippen molar-refractivity contribution in [2.24, 2.45) is 5.92 Å². The molecule has 2 amide bonds. The zero-order chi connectivity index (χ0) is 20.5. The van der Waals surface area contributed by atoms with Gasteiger partial charge in [0, 0.05) is 23.8 Å².